The SMILES string of the molecule is CNC(c1cc(OC)cs1)c1cc(C)c(Cl)s1. The van der Waals surface area contributed by atoms with Crippen LogP contribution in [-0.2, 0) is 0 Å². The standard InChI is InChI=1S/C12H14ClNOS2/c1-7-4-10(17-12(7)13)11(14-2)9-5-8(15-3)6-16-9/h4-6,11,14H,1-3H3. The zero-order valence-corrected chi connectivity index (χ0v) is 12.3. The lowest BCUT2D eigenvalue weighted by Gasteiger charge is -2.11. The maximum absolute atomic E-state index is 6.12. The molecule has 0 spiro atoms. The molecular formula is C12H14ClNOS2. The van der Waals surface area contributed by atoms with Gasteiger partial charge >= 0.3 is 0 Å². The normalized spacial score (nSPS) is 12.7. The van der Waals surface area contributed by atoms with E-state index in [1.807, 2.05) is 19.4 Å². The van der Waals surface area contributed by atoms with Gasteiger partial charge in [-0.25, -0.2) is 0 Å². The van der Waals surface area contributed by atoms with Gasteiger partial charge in [-0.05, 0) is 31.7 Å². The fraction of sp³-hybridized carbons (Fsp3) is 0.333. The van der Waals surface area contributed by atoms with Crippen LogP contribution in [0.4, 0.5) is 0 Å². The summed E-state index contributed by atoms with van der Waals surface area (Å²) in [5.74, 6) is 0.907. The third-order valence-corrected chi connectivity index (χ3v) is 5.16. The van der Waals surface area contributed by atoms with Crippen molar-refractivity contribution in [3.05, 3.63) is 37.2 Å². The van der Waals surface area contributed by atoms with E-state index in [1.54, 1.807) is 29.8 Å². The summed E-state index contributed by atoms with van der Waals surface area (Å²) in [5, 5.41) is 5.33. The number of thiophene rings is 2. The monoisotopic (exact) mass is 287 g/mol. The van der Waals surface area contributed by atoms with Gasteiger partial charge in [0, 0.05) is 15.1 Å². The van der Waals surface area contributed by atoms with Crippen LogP contribution in [0.2, 0.25) is 4.34 Å². The molecule has 0 radical (unpaired) electrons. The molecule has 2 aromatic rings. The van der Waals surface area contributed by atoms with E-state index < -0.39 is 0 Å². The molecule has 17 heavy (non-hydrogen) atoms. The Kier molecular flexibility index (Phi) is 4.09. The van der Waals surface area contributed by atoms with Crippen LogP contribution >= 0.6 is 34.3 Å². The molecule has 0 bridgehead atoms. The number of halogens is 1. The minimum absolute atomic E-state index is 0.195. The smallest absolute Gasteiger partial charge is 0.129 e. The van der Waals surface area contributed by atoms with Gasteiger partial charge < -0.3 is 10.1 Å². The van der Waals surface area contributed by atoms with Crippen LogP contribution in [-0.4, -0.2) is 14.2 Å². The van der Waals surface area contributed by atoms with E-state index in [0.717, 1.165) is 15.6 Å². The second kappa shape index (κ2) is 5.40. The Morgan fingerprint density at radius 2 is 2.12 bits per heavy atom. The van der Waals surface area contributed by atoms with E-state index in [-0.39, 0.29) is 6.04 Å². The number of hydrogen-bond acceptors (Lipinski definition) is 4. The molecule has 1 atom stereocenters. The molecule has 0 aliphatic carbocycles. The fourth-order valence-electron chi connectivity index (χ4n) is 1.64. The molecule has 0 aliphatic rings. The molecule has 2 rings (SSSR count). The molecule has 0 aliphatic heterocycles. The van der Waals surface area contributed by atoms with Gasteiger partial charge in [0.25, 0.3) is 0 Å². The molecule has 2 heterocycles. The van der Waals surface area contributed by atoms with Crippen LogP contribution in [0.3, 0.4) is 0 Å². The number of ether oxygens (including phenoxy) is 1. The highest BCUT2D eigenvalue weighted by Crippen LogP contribution is 2.37. The first-order valence-electron chi connectivity index (χ1n) is 5.21. The van der Waals surface area contributed by atoms with Gasteiger partial charge in [0.1, 0.15) is 5.75 Å². The van der Waals surface area contributed by atoms with Crippen molar-refractivity contribution in [3.8, 4) is 5.75 Å². The summed E-state index contributed by atoms with van der Waals surface area (Å²) in [5.41, 5.74) is 1.13. The Labute approximate surface area is 114 Å². The minimum atomic E-state index is 0.195. The summed E-state index contributed by atoms with van der Waals surface area (Å²) < 4.78 is 6.08. The predicted molar refractivity (Wildman–Crippen MR) is 75.8 cm³/mol. The first kappa shape index (κ1) is 12.9. The number of nitrogens with one attached hydrogen (secondary N) is 1. The highest BCUT2D eigenvalue weighted by molar-refractivity contribution is 7.16. The van der Waals surface area contributed by atoms with Crippen LogP contribution in [0.25, 0.3) is 0 Å². The first-order chi connectivity index (χ1) is 8.15. The van der Waals surface area contributed by atoms with Crippen LogP contribution in [0.5, 0.6) is 5.75 Å². The van der Waals surface area contributed by atoms with E-state index >= 15 is 0 Å². The third kappa shape index (κ3) is 2.65. The molecule has 1 unspecified atom stereocenters. The van der Waals surface area contributed by atoms with Gasteiger partial charge in [-0.15, -0.1) is 22.7 Å². The van der Waals surface area contributed by atoms with Crippen molar-refractivity contribution in [2.45, 2.75) is 13.0 Å². The maximum Gasteiger partial charge on any atom is 0.129 e. The van der Waals surface area contributed by atoms with E-state index in [1.165, 1.54) is 9.75 Å². The van der Waals surface area contributed by atoms with Crippen LogP contribution in [0, 0.1) is 6.92 Å². The average molecular weight is 288 g/mol. The number of aryl methyl sites for hydroxylation is 1. The Bertz CT molecular complexity index is 487. The second-order valence-electron chi connectivity index (χ2n) is 3.72. The molecule has 2 aromatic heterocycles. The topological polar surface area (TPSA) is 21.3 Å². The first-order valence-corrected chi connectivity index (χ1v) is 7.28. The predicted octanol–water partition coefficient (Wildman–Crippen LogP) is 4.09. The number of hydrogen-bond donors (Lipinski definition) is 1. The van der Waals surface area contributed by atoms with Gasteiger partial charge in [0.2, 0.25) is 0 Å². The molecule has 0 saturated carbocycles. The van der Waals surface area contributed by atoms with Gasteiger partial charge in [0.05, 0.1) is 17.5 Å². The van der Waals surface area contributed by atoms with Crippen molar-refractivity contribution in [1.82, 2.24) is 5.32 Å². The van der Waals surface area contributed by atoms with Crippen molar-refractivity contribution in [3.63, 3.8) is 0 Å². The average Bonchev–Trinajstić information content (AvgIpc) is 2.89. The molecule has 0 fully saturated rings. The zero-order valence-electron chi connectivity index (χ0n) is 9.91. The Hall–Kier alpha value is -0.550. The van der Waals surface area contributed by atoms with Crippen molar-refractivity contribution in [2.24, 2.45) is 0 Å². The number of methoxy groups -OCH3 is 1. The van der Waals surface area contributed by atoms with Crippen molar-refractivity contribution < 1.29 is 4.74 Å². The fourth-order valence-corrected chi connectivity index (χ4v) is 4.05. The van der Waals surface area contributed by atoms with Gasteiger partial charge in [-0.2, -0.15) is 0 Å². The zero-order chi connectivity index (χ0) is 12.4. The quantitative estimate of drug-likeness (QED) is 0.914. The molecule has 5 heteroatoms. The largest absolute Gasteiger partial charge is 0.496 e. The van der Waals surface area contributed by atoms with Crippen molar-refractivity contribution in [2.75, 3.05) is 14.2 Å². The molecular weight excluding hydrogens is 274 g/mol. The summed E-state index contributed by atoms with van der Waals surface area (Å²) in [6, 6.07) is 4.40. The van der Waals surface area contributed by atoms with E-state index in [9.17, 15) is 0 Å². The molecule has 92 valence electrons. The van der Waals surface area contributed by atoms with Crippen molar-refractivity contribution >= 4 is 34.3 Å². The summed E-state index contributed by atoms with van der Waals surface area (Å²) >= 11 is 9.44. The summed E-state index contributed by atoms with van der Waals surface area (Å²) in [6.07, 6.45) is 0. The van der Waals surface area contributed by atoms with Gasteiger partial charge in [0.15, 0.2) is 0 Å². The lowest BCUT2D eigenvalue weighted by atomic mass is 10.2. The lowest BCUT2D eigenvalue weighted by molar-refractivity contribution is 0.416. The summed E-state index contributed by atoms with van der Waals surface area (Å²) in [4.78, 5) is 2.47. The Balaban J connectivity index is 2.32. The maximum atomic E-state index is 6.12. The Morgan fingerprint density at radius 1 is 1.35 bits per heavy atom. The molecule has 1 N–H and O–H groups in total. The van der Waals surface area contributed by atoms with Crippen LogP contribution in [0.1, 0.15) is 21.4 Å². The Morgan fingerprint density at radius 3 is 2.59 bits per heavy atom. The lowest BCUT2D eigenvalue weighted by Crippen LogP contribution is -2.15. The van der Waals surface area contributed by atoms with Crippen molar-refractivity contribution in [1.29, 1.82) is 0 Å². The molecule has 2 nitrogen and oxygen atoms in total. The highest BCUT2D eigenvalue weighted by atomic mass is 35.5. The van der Waals surface area contributed by atoms with E-state index in [2.05, 4.69) is 17.4 Å². The second-order valence-corrected chi connectivity index (χ2v) is 6.34. The summed E-state index contributed by atoms with van der Waals surface area (Å²) in [6.45, 7) is 2.03. The van der Waals surface area contributed by atoms with Gasteiger partial charge in [-0.3, -0.25) is 0 Å². The van der Waals surface area contributed by atoms with E-state index in [0.29, 0.717) is 0 Å². The van der Waals surface area contributed by atoms with Crippen LogP contribution < -0.4 is 10.1 Å². The third-order valence-electron chi connectivity index (χ3n) is 2.57. The van der Waals surface area contributed by atoms with E-state index in [4.69, 9.17) is 16.3 Å². The summed E-state index contributed by atoms with van der Waals surface area (Å²) in [7, 11) is 3.65. The molecule has 0 amide bonds. The molecule has 0 saturated heterocycles. The minimum Gasteiger partial charge on any atom is -0.496 e. The number of rotatable bonds is 4. The molecule has 0 aromatic carbocycles. The van der Waals surface area contributed by atoms with Crippen LogP contribution in [0.15, 0.2) is 17.5 Å². The van der Waals surface area contributed by atoms with Gasteiger partial charge in [-0.1, -0.05) is 11.6 Å². The highest BCUT2D eigenvalue weighted by Gasteiger charge is 2.17.